The average Bonchev–Trinajstić information content (AvgIpc) is 2.29. The SMILES string of the molecule is CCCCOC(=O)N[C@@H](C)C(=O)OCC#CI. The summed E-state index contributed by atoms with van der Waals surface area (Å²) < 4.78 is 12.2. The Labute approximate surface area is 115 Å². The molecule has 5 nitrogen and oxygen atoms in total. The fourth-order valence-electron chi connectivity index (χ4n) is 0.846. The molecule has 0 aliphatic rings. The van der Waals surface area contributed by atoms with Crippen molar-refractivity contribution in [3.05, 3.63) is 0 Å². The van der Waals surface area contributed by atoms with Crippen LogP contribution >= 0.6 is 22.6 Å². The summed E-state index contributed by atoms with van der Waals surface area (Å²) in [5.74, 6) is 2.05. The fraction of sp³-hybridized carbons (Fsp3) is 0.636. The van der Waals surface area contributed by atoms with E-state index in [1.54, 1.807) is 0 Å². The third-order valence-electron chi connectivity index (χ3n) is 1.77. The van der Waals surface area contributed by atoms with Gasteiger partial charge in [0.25, 0.3) is 0 Å². The number of nitrogens with one attached hydrogen (secondary N) is 1. The molecule has 0 saturated heterocycles. The molecule has 0 rings (SSSR count). The molecule has 0 aromatic heterocycles. The van der Waals surface area contributed by atoms with Crippen LogP contribution in [-0.4, -0.2) is 31.3 Å². The minimum atomic E-state index is -0.736. The molecule has 1 N–H and O–H groups in total. The molecule has 0 spiro atoms. The molecule has 17 heavy (non-hydrogen) atoms. The van der Waals surface area contributed by atoms with E-state index in [1.165, 1.54) is 6.92 Å². The Balaban J connectivity index is 3.80. The Morgan fingerprint density at radius 3 is 2.71 bits per heavy atom. The number of hydrogen-bond acceptors (Lipinski definition) is 4. The normalized spacial score (nSPS) is 10.8. The number of alkyl carbamates (subject to hydrolysis) is 1. The molecule has 0 radical (unpaired) electrons. The van der Waals surface area contributed by atoms with Crippen LogP contribution in [0.1, 0.15) is 26.7 Å². The summed E-state index contributed by atoms with van der Waals surface area (Å²) in [6.07, 6.45) is 1.14. The van der Waals surface area contributed by atoms with Gasteiger partial charge in [0.05, 0.1) is 6.61 Å². The van der Waals surface area contributed by atoms with Crippen LogP contribution in [0.25, 0.3) is 0 Å². The van der Waals surface area contributed by atoms with Gasteiger partial charge in [-0.15, -0.1) is 0 Å². The van der Waals surface area contributed by atoms with Crippen LogP contribution in [0.3, 0.4) is 0 Å². The van der Waals surface area contributed by atoms with Gasteiger partial charge in [-0.1, -0.05) is 19.3 Å². The Morgan fingerprint density at radius 2 is 2.12 bits per heavy atom. The maximum Gasteiger partial charge on any atom is 0.407 e. The number of carbonyl (C=O) groups excluding carboxylic acids is 2. The lowest BCUT2D eigenvalue weighted by Gasteiger charge is -2.12. The molecule has 0 unspecified atom stereocenters. The second kappa shape index (κ2) is 10.2. The highest BCUT2D eigenvalue weighted by atomic mass is 127. The molecule has 96 valence electrons. The summed E-state index contributed by atoms with van der Waals surface area (Å²) in [7, 11) is 0. The van der Waals surface area contributed by atoms with Crippen molar-refractivity contribution >= 4 is 34.7 Å². The van der Waals surface area contributed by atoms with Crippen molar-refractivity contribution in [2.24, 2.45) is 0 Å². The third kappa shape index (κ3) is 8.80. The summed E-state index contributed by atoms with van der Waals surface area (Å²) in [6.45, 7) is 3.90. The van der Waals surface area contributed by atoms with Crippen molar-refractivity contribution in [3.8, 4) is 9.85 Å². The summed E-state index contributed by atoms with van der Waals surface area (Å²) in [6, 6.07) is -0.736. The van der Waals surface area contributed by atoms with Gasteiger partial charge >= 0.3 is 12.1 Å². The minimum absolute atomic E-state index is 0.0265. The second-order valence-electron chi connectivity index (χ2n) is 3.23. The lowest BCUT2D eigenvalue weighted by atomic mass is 10.3. The van der Waals surface area contributed by atoms with Crippen molar-refractivity contribution in [2.45, 2.75) is 32.7 Å². The lowest BCUT2D eigenvalue weighted by Crippen LogP contribution is -2.40. The molecule has 0 aromatic carbocycles. The first-order chi connectivity index (χ1) is 8.11. The van der Waals surface area contributed by atoms with Gasteiger partial charge in [0.2, 0.25) is 0 Å². The third-order valence-corrected chi connectivity index (χ3v) is 2.15. The van der Waals surface area contributed by atoms with Gasteiger partial charge in [-0.2, -0.15) is 0 Å². The quantitative estimate of drug-likeness (QED) is 0.343. The highest BCUT2D eigenvalue weighted by molar-refractivity contribution is 14.1. The van der Waals surface area contributed by atoms with E-state index in [4.69, 9.17) is 9.47 Å². The van der Waals surface area contributed by atoms with Gasteiger partial charge in [-0.3, -0.25) is 0 Å². The number of esters is 1. The molecule has 0 fully saturated rings. The predicted molar refractivity (Wildman–Crippen MR) is 71.6 cm³/mol. The van der Waals surface area contributed by atoms with E-state index in [1.807, 2.05) is 29.5 Å². The number of rotatable bonds is 6. The number of ether oxygens (including phenoxy) is 2. The molecule has 0 saturated carbocycles. The molecular formula is C11H16INO4. The molecule has 0 heterocycles. The maximum atomic E-state index is 11.3. The van der Waals surface area contributed by atoms with E-state index in [9.17, 15) is 9.59 Å². The van der Waals surface area contributed by atoms with Crippen LogP contribution in [0.2, 0.25) is 0 Å². The molecule has 0 aliphatic carbocycles. The summed E-state index contributed by atoms with van der Waals surface area (Å²) >= 11 is 1.85. The zero-order valence-corrected chi connectivity index (χ0v) is 12.1. The van der Waals surface area contributed by atoms with Gasteiger partial charge in [0.15, 0.2) is 6.61 Å². The standard InChI is InChI=1S/C11H16INO4/c1-3-4-7-17-11(15)13-9(2)10(14)16-8-5-6-12/h9H,3-4,7-8H2,1-2H3,(H,13,15)/t9-/m0/s1. The van der Waals surface area contributed by atoms with Crippen LogP contribution in [0, 0.1) is 9.85 Å². The fourth-order valence-corrected chi connectivity index (χ4v) is 1.00. The smallest absolute Gasteiger partial charge is 0.407 e. The van der Waals surface area contributed by atoms with Crippen LogP contribution < -0.4 is 5.32 Å². The minimum Gasteiger partial charge on any atom is -0.451 e. The zero-order valence-electron chi connectivity index (χ0n) is 9.92. The first-order valence-corrected chi connectivity index (χ1v) is 6.38. The summed E-state index contributed by atoms with van der Waals surface area (Å²) in [5, 5.41) is 2.38. The van der Waals surface area contributed by atoms with Crippen LogP contribution in [0.5, 0.6) is 0 Å². The van der Waals surface area contributed by atoms with Crippen molar-refractivity contribution < 1.29 is 19.1 Å². The number of carbonyl (C=O) groups is 2. The molecule has 0 aromatic rings. The first kappa shape index (κ1) is 16.0. The number of halogens is 1. The highest BCUT2D eigenvalue weighted by Crippen LogP contribution is 1.92. The second-order valence-corrected chi connectivity index (χ2v) is 3.77. The zero-order chi connectivity index (χ0) is 13.1. The van der Waals surface area contributed by atoms with Gasteiger partial charge in [-0.25, -0.2) is 9.59 Å². The van der Waals surface area contributed by atoms with Gasteiger partial charge < -0.3 is 14.8 Å². The Bertz CT molecular complexity index is 308. The molecule has 0 bridgehead atoms. The Morgan fingerprint density at radius 1 is 1.41 bits per heavy atom. The lowest BCUT2D eigenvalue weighted by molar-refractivity contribution is -0.144. The van der Waals surface area contributed by atoms with E-state index in [0.29, 0.717) is 6.61 Å². The van der Waals surface area contributed by atoms with E-state index in [2.05, 4.69) is 15.2 Å². The molecule has 6 heteroatoms. The number of hydrogen-bond donors (Lipinski definition) is 1. The van der Waals surface area contributed by atoms with Crippen molar-refractivity contribution in [1.82, 2.24) is 5.32 Å². The predicted octanol–water partition coefficient (Wildman–Crippen LogP) is 1.84. The van der Waals surface area contributed by atoms with Crippen molar-refractivity contribution in [3.63, 3.8) is 0 Å². The first-order valence-electron chi connectivity index (χ1n) is 5.30. The maximum absolute atomic E-state index is 11.3. The van der Waals surface area contributed by atoms with E-state index >= 15 is 0 Å². The molecule has 1 atom stereocenters. The molecule has 1 amide bonds. The van der Waals surface area contributed by atoms with Gasteiger partial charge in [-0.05, 0) is 17.3 Å². The Hall–Kier alpha value is -0.970. The van der Waals surface area contributed by atoms with Gasteiger partial charge in [0, 0.05) is 22.6 Å². The van der Waals surface area contributed by atoms with Gasteiger partial charge in [0.1, 0.15) is 6.04 Å². The number of unbranched alkanes of at least 4 members (excludes halogenated alkanes) is 1. The number of amides is 1. The topological polar surface area (TPSA) is 64.6 Å². The summed E-state index contributed by atoms with van der Waals surface area (Å²) in [4.78, 5) is 22.5. The van der Waals surface area contributed by atoms with Crippen LogP contribution in [0.15, 0.2) is 0 Å². The van der Waals surface area contributed by atoms with E-state index in [0.717, 1.165) is 12.8 Å². The monoisotopic (exact) mass is 353 g/mol. The van der Waals surface area contributed by atoms with Crippen LogP contribution in [0.4, 0.5) is 4.79 Å². The summed E-state index contributed by atoms with van der Waals surface area (Å²) in [5.41, 5.74) is 0. The average molecular weight is 353 g/mol. The molecule has 0 aliphatic heterocycles. The Kier molecular flexibility index (Phi) is 9.62. The van der Waals surface area contributed by atoms with E-state index in [-0.39, 0.29) is 6.61 Å². The van der Waals surface area contributed by atoms with Crippen molar-refractivity contribution in [2.75, 3.05) is 13.2 Å². The molecular weight excluding hydrogens is 337 g/mol. The van der Waals surface area contributed by atoms with E-state index < -0.39 is 18.1 Å². The largest absolute Gasteiger partial charge is 0.451 e. The van der Waals surface area contributed by atoms with Crippen molar-refractivity contribution in [1.29, 1.82) is 0 Å². The highest BCUT2D eigenvalue weighted by Gasteiger charge is 2.17. The van der Waals surface area contributed by atoms with Crippen LogP contribution in [-0.2, 0) is 14.3 Å².